The summed E-state index contributed by atoms with van der Waals surface area (Å²) in [6, 6.07) is 8.39. The van der Waals surface area contributed by atoms with Gasteiger partial charge in [-0.15, -0.1) is 0 Å². The molecule has 1 atom stereocenters. The Morgan fingerprint density at radius 3 is 2.95 bits per heavy atom. The molecule has 0 bridgehead atoms. The Morgan fingerprint density at radius 1 is 1.37 bits per heavy atom. The fourth-order valence-corrected chi connectivity index (χ4v) is 2.26. The van der Waals surface area contributed by atoms with Crippen molar-refractivity contribution >= 4 is 0 Å². The van der Waals surface area contributed by atoms with Gasteiger partial charge in [-0.25, -0.2) is 0 Å². The maximum atomic E-state index is 5.72. The lowest BCUT2D eigenvalue weighted by atomic mass is 10.0. The van der Waals surface area contributed by atoms with Crippen LogP contribution in [0.25, 0.3) is 0 Å². The maximum Gasteiger partial charge on any atom is 0.119 e. The first-order valence-electron chi connectivity index (χ1n) is 7.14. The summed E-state index contributed by atoms with van der Waals surface area (Å²) in [7, 11) is 0. The first-order chi connectivity index (χ1) is 9.35. The Morgan fingerprint density at radius 2 is 2.26 bits per heavy atom. The second-order valence-electron chi connectivity index (χ2n) is 4.64. The van der Waals surface area contributed by atoms with Gasteiger partial charge >= 0.3 is 0 Å². The van der Waals surface area contributed by atoms with Gasteiger partial charge in [-0.3, -0.25) is 0 Å². The minimum atomic E-state index is 0.142. The van der Waals surface area contributed by atoms with Gasteiger partial charge in [-0.2, -0.15) is 0 Å². The third-order valence-electron chi connectivity index (χ3n) is 3.12. The third kappa shape index (κ3) is 3.74. The summed E-state index contributed by atoms with van der Waals surface area (Å²) in [5.41, 5.74) is 1.20. The highest BCUT2D eigenvalue weighted by molar-refractivity contribution is 5.34. The van der Waals surface area contributed by atoms with Crippen molar-refractivity contribution in [2.24, 2.45) is 0 Å². The molecule has 1 aromatic carbocycles. The van der Waals surface area contributed by atoms with Crippen LogP contribution in [-0.2, 0) is 4.74 Å². The molecule has 1 aliphatic heterocycles. The van der Waals surface area contributed by atoms with Crippen molar-refractivity contribution in [2.45, 2.75) is 32.7 Å². The van der Waals surface area contributed by atoms with Crippen molar-refractivity contribution in [1.29, 1.82) is 0 Å². The lowest BCUT2D eigenvalue weighted by Crippen LogP contribution is -2.24. The lowest BCUT2D eigenvalue weighted by molar-refractivity contribution is 0.215. The lowest BCUT2D eigenvalue weighted by Gasteiger charge is -2.20. The molecule has 1 N–H and O–H groups in total. The predicted octanol–water partition coefficient (Wildman–Crippen LogP) is 3.43. The second-order valence-corrected chi connectivity index (χ2v) is 4.64. The summed E-state index contributed by atoms with van der Waals surface area (Å²) in [4.78, 5) is 0. The molecule has 0 amide bonds. The van der Waals surface area contributed by atoms with E-state index in [-0.39, 0.29) is 6.04 Å². The molecule has 1 aliphatic rings. The SMILES string of the molecule is CCCNC(C1=CCCO1)c1cccc(OCC)c1. The zero-order valence-corrected chi connectivity index (χ0v) is 11.8. The monoisotopic (exact) mass is 261 g/mol. The van der Waals surface area contributed by atoms with E-state index >= 15 is 0 Å². The summed E-state index contributed by atoms with van der Waals surface area (Å²) < 4.78 is 11.3. The normalized spacial score (nSPS) is 15.8. The van der Waals surface area contributed by atoms with Crippen molar-refractivity contribution in [3.05, 3.63) is 41.7 Å². The van der Waals surface area contributed by atoms with E-state index in [4.69, 9.17) is 9.47 Å². The van der Waals surface area contributed by atoms with Gasteiger partial charge in [0.2, 0.25) is 0 Å². The zero-order chi connectivity index (χ0) is 13.5. The van der Waals surface area contributed by atoms with Gasteiger partial charge in [0.25, 0.3) is 0 Å². The molecule has 3 nitrogen and oxygen atoms in total. The highest BCUT2D eigenvalue weighted by atomic mass is 16.5. The molecule has 2 rings (SSSR count). The van der Waals surface area contributed by atoms with Crippen LogP contribution < -0.4 is 10.1 Å². The molecule has 0 spiro atoms. The highest BCUT2D eigenvalue weighted by Gasteiger charge is 2.20. The zero-order valence-electron chi connectivity index (χ0n) is 11.8. The number of rotatable bonds is 7. The Kier molecular flexibility index (Phi) is 5.28. The average Bonchev–Trinajstić information content (AvgIpc) is 2.94. The van der Waals surface area contributed by atoms with Crippen LogP contribution >= 0.6 is 0 Å². The van der Waals surface area contributed by atoms with Crippen LogP contribution in [0.15, 0.2) is 36.1 Å². The summed E-state index contributed by atoms with van der Waals surface area (Å²) in [5, 5.41) is 3.55. The van der Waals surface area contributed by atoms with Gasteiger partial charge in [-0.1, -0.05) is 19.1 Å². The standard InChI is InChI=1S/C16H23NO2/c1-3-10-17-16(15-9-6-11-19-15)13-7-5-8-14(12-13)18-4-2/h5,7-9,12,16-17H,3-4,6,10-11H2,1-2H3. The molecule has 0 saturated carbocycles. The molecule has 0 saturated heterocycles. The largest absolute Gasteiger partial charge is 0.496 e. The molecule has 104 valence electrons. The van der Waals surface area contributed by atoms with Crippen LogP contribution in [0.4, 0.5) is 0 Å². The maximum absolute atomic E-state index is 5.72. The smallest absolute Gasteiger partial charge is 0.119 e. The minimum absolute atomic E-state index is 0.142. The van der Waals surface area contributed by atoms with Gasteiger partial charge in [0.05, 0.1) is 19.3 Å². The fourth-order valence-electron chi connectivity index (χ4n) is 2.26. The Balaban J connectivity index is 2.18. The Hall–Kier alpha value is -1.48. The van der Waals surface area contributed by atoms with Crippen LogP contribution in [0.3, 0.4) is 0 Å². The van der Waals surface area contributed by atoms with Crippen molar-refractivity contribution in [3.8, 4) is 5.75 Å². The number of ether oxygens (including phenoxy) is 2. The van der Waals surface area contributed by atoms with E-state index in [1.807, 2.05) is 19.1 Å². The number of benzene rings is 1. The number of nitrogens with one attached hydrogen (secondary N) is 1. The van der Waals surface area contributed by atoms with Gasteiger partial charge in [0.15, 0.2) is 0 Å². The van der Waals surface area contributed by atoms with Crippen molar-refractivity contribution < 1.29 is 9.47 Å². The summed E-state index contributed by atoms with van der Waals surface area (Å²) in [6.07, 6.45) is 4.29. The third-order valence-corrected chi connectivity index (χ3v) is 3.12. The molecule has 1 unspecified atom stereocenters. The van der Waals surface area contributed by atoms with Crippen LogP contribution in [0, 0.1) is 0 Å². The van der Waals surface area contributed by atoms with E-state index in [0.717, 1.165) is 37.5 Å². The van der Waals surface area contributed by atoms with E-state index in [0.29, 0.717) is 6.61 Å². The molecule has 1 aromatic rings. The van der Waals surface area contributed by atoms with Crippen molar-refractivity contribution in [1.82, 2.24) is 5.32 Å². The van der Waals surface area contributed by atoms with Gasteiger partial charge in [-0.05, 0) is 43.7 Å². The quantitative estimate of drug-likeness (QED) is 0.815. The Bertz CT molecular complexity index is 429. The molecule has 0 radical (unpaired) electrons. The highest BCUT2D eigenvalue weighted by Crippen LogP contribution is 2.28. The number of hydrogen-bond donors (Lipinski definition) is 1. The fraction of sp³-hybridized carbons (Fsp3) is 0.500. The molecular formula is C16H23NO2. The molecule has 3 heteroatoms. The summed E-state index contributed by atoms with van der Waals surface area (Å²) >= 11 is 0. The second kappa shape index (κ2) is 7.19. The molecule has 19 heavy (non-hydrogen) atoms. The summed E-state index contributed by atoms with van der Waals surface area (Å²) in [5.74, 6) is 1.96. The van der Waals surface area contributed by atoms with Crippen LogP contribution in [0.2, 0.25) is 0 Å². The molecule has 0 aromatic heterocycles. The molecule has 0 fully saturated rings. The minimum Gasteiger partial charge on any atom is -0.496 e. The average molecular weight is 261 g/mol. The van der Waals surface area contributed by atoms with Crippen LogP contribution in [-0.4, -0.2) is 19.8 Å². The molecule has 0 aliphatic carbocycles. The first kappa shape index (κ1) is 13.9. The van der Waals surface area contributed by atoms with Crippen LogP contribution in [0.5, 0.6) is 5.75 Å². The number of hydrogen-bond acceptors (Lipinski definition) is 3. The van der Waals surface area contributed by atoms with Gasteiger partial charge in [0, 0.05) is 6.42 Å². The van der Waals surface area contributed by atoms with E-state index in [1.165, 1.54) is 5.56 Å². The predicted molar refractivity (Wildman–Crippen MR) is 77.3 cm³/mol. The van der Waals surface area contributed by atoms with E-state index in [1.54, 1.807) is 0 Å². The van der Waals surface area contributed by atoms with E-state index in [2.05, 4.69) is 30.4 Å². The van der Waals surface area contributed by atoms with Crippen molar-refractivity contribution in [3.63, 3.8) is 0 Å². The van der Waals surface area contributed by atoms with E-state index < -0.39 is 0 Å². The molecule has 1 heterocycles. The van der Waals surface area contributed by atoms with Crippen LogP contribution in [0.1, 0.15) is 38.3 Å². The Labute approximate surface area is 115 Å². The van der Waals surface area contributed by atoms with Gasteiger partial charge < -0.3 is 14.8 Å². The van der Waals surface area contributed by atoms with Crippen molar-refractivity contribution in [2.75, 3.05) is 19.8 Å². The topological polar surface area (TPSA) is 30.5 Å². The van der Waals surface area contributed by atoms with E-state index in [9.17, 15) is 0 Å². The first-order valence-corrected chi connectivity index (χ1v) is 7.14. The van der Waals surface area contributed by atoms with Gasteiger partial charge in [0.1, 0.15) is 11.5 Å². The molecular weight excluding hydrogens is 238 g/mol. The summed E-state index contributed by atoms with van der Waals surface area (Å²) in [6.45, 7) is 6.64.